The van der Waals surface area contributed by atoms with Crippen molar-refractivity contribution in [1.82, 2.24) is 4.90 Å². The van der Waals surface area contributed by atoms with Gasteiger partial charge in [0.15, 0.2) is 0 Å². The number of ether oxygens (including phenoxy) is 1. The summed E-state index contributed by atoms with van der Waals surface area (Å²) in [6.07, 6.45) is 1.29. The Balaban J connectivity index is 2.15. The number of amides is 2. The quantitative estimate of drug-likeness (QED) is 0.587. The van der Waals surface area contributed by atoms with Crippen LogP contribution in [0.2, 0.25) is 0 Å². The molecule has 0 saturated heterocycles. The smallest absolute Gasteiger partial charge is 0.387 e. The summed E-state index contributed by atoms with van der Waals surface area (Å²) in [6, 6.07) is 11.9. The topological polar surface area (TPSA) is 86.7 Å². The van der Waals surface area contributed by atoms with Gasteiger partial charge in [-0.05, 0) is 23.8 Å². The first-order chi connectivity index (χ1) is 12.9. The van der Waals surface area contributed by atoms with Gasteiger partial charge in [0.2, 0.25) is 0 Å². The maximum atomic E-state index is 12.7. The standard InChI is InChI=1S/C19H13F2NO5/c20-19(21)27-15-8-4-1-5-11(15)9-14-12-6-2-3-7-13(12)17(25)22(18(14)26)10-16(23)24/h1-9,19H,10H2,(H,23,24)/p-1/b14-9-. The minimum Gasteiger partial charge on any atom is -0.548 e. The van der Waals surface area contributed by atoms with Crippen LogP contribution in [-0.4, -0.2) is 35.8 Å². The van der Waals surface area contributed by atoms with Crippen LogP contribution in [0.25, 0.3) is 11.6 Å². The number of aliphatic carboxylic acids is 1. The minimum absolute atomic E-state index is 0.0169. The van der Waals surface area contributed by atoms with E-state index in [9.17, 15) is 28.3 Å². The van der Waals surface area contributed by atoms with Crippen molar-refractivity contribution in [1.29, 1.82) is 0 Å². The Labute approximate surface area is 152 Å². The number of hydrogen-bond acceptors (Lipinski definition) is 5. The number of rotatable bonds is 5. The highest BCUT2D eigenvalue weighted by atomic mass is 19.3. The maximum absolute atomic E-state index is 12.7. The van der Waals surface area contributed by atoms with Gasteiger partial charge in [0.05, 0.1) is 12.5 Å². The van der Waals surface area contributed by atoms with Crippen molar-refractivity contribution in [2.75, 3.05) is 6.54 Å². The summed E-state index contributed by atoms with van der Waals surface area (Å²) in [5.74, 6) is -3.39. The lowest BCUT2D eigenvalue weighted by Gasteiger charge is -2.29. The van der Waals surface area contributed by atoms with E-state index in [1.54, 1.807) is 18.2 Å². The Morgan fingerprint density at radius 1 is 1.04 bits per heavy atom. The number of carbonyl (C=O) groups is 3. The van der Waals surface area contributed by atoms with E-state index in [0.29, 0.717) is 4.90 Å². The molecule has 0 N–H and O–H groups in total. The number of hydrogen-bond donors (Lipinski definition) is 0. The number of alkyl halides is 2. The molecule has 2 aromatic carbocycles. The normalized spacial score (nSPS) is 15.2. The zero-order valence-corrected chi connectivity index (χ0v) is 13.7. The van der Waals surface area contributed by atoms with Gasteiger partial charge >= 0.3 is 6.61 Å². The highest BCUT2D eigenvalue weighted by Gasteiger charge is 2.34. The summed E-state index contributed by atoms with van der Waals surface area (Å²) >= 11 is 0. The zero-order valence-electron chi connectivity index (χ0n) is 13.7. The summed E-state index contributed by atoms with van der Waals surface area (Å²) in [7, 11) is 0. The van der Waals surface area contributed by atoms with Gasteiger partial charge in [-0.15, -0.1) is 0 Å². The fourth-order valence-electron chi connectivity index (χ4n) is 2.77. The summed E-state index contributed by atoms with van der Waals surface area (Å²) in [5, 5.41) is 10.9. The van der Waals surface area contributed by atoms with Gasteiger partial charge in [-0.2, -0.15) is 8.78 Å². The molecule has 0 radical (unpaired) electrons. The molecule has 0 saturated carbocycles. The van der Waals surface area contributed by atoms with Crippen molar-refractivity contribution in [3.05, 3.63) is 65.2 Å². The number of carboxylic acids is 1. The molecule has 0 fully saturated rings. The van der Waals surface area contributed by atoms with Crippen molar-refractivity contribution in [3.8, 4) is 5.75 Å². The summed E-state index contributed by atoms with van der Waals surface area (Å²) in [4.78, 5) is 36.6. The third kappa shape index (κ3) is 3.69. The van der Waals surface area contributed by atoms with E-state index < -0.39 is 30.9 Å². The van der Waals surface area contributed by atoms with Crippen molar-refractivity contribution in [2.24, 2.45) is 0 Å². The van der Waals surface area contributed by atoms with Gasteiger partial charge in [0.1, 0.15) is 5.75 Å². The maximum Gasteiger partial charge on any atom is 0.387 e. The molecule has 0 aromatic heterocycles. The van der Waals surface area contributed by atoms with Crippen LogP contribution < -0.4 is 9.84 Å². The molecule has 1 aliphatic heterocycles. The van der Waals surface area contributed by atoms with Gasteiger partial charge in [-0.1, -0.05) is 36.4 Å². The number of para-hydroxylation sites is 1. The monoisotopic (exact) mass is 372 g/mol. The van der Waals surface area contributed by atoms with Crippen LogP contribution >= 0.6 is 0 Å². The Kier molecular flexibility index (Phi) is 4.98. The highest BCUT2D eigenvalue weighted by molar-refractivity contribution is 6.34. The van der Waals surface area contributed by atoms with E-state index >= 15 is 0 Å². The van der Waals surface area contributed by atoms with Crippen LogP contribution in [0.3, 0.4) is 0 Å². The molecule has 0 spiro atoms. The second-order valence-electron chi connectivity index (χ2n) is 5.59. The van der Waals surface area contributed by atoms with Crippen LogP contribution in [0.15, 0.2) is 48.5 Å². The summed E-state index contributed by atoms with van der Waals surface area (Å²) in [5.41, 5.74) is 0.557. The molecule has 2 aromatic rings. The van der Waals surface area contributed by atoms with E-state index in [1.165, 1.54) is 36.4 Å². The fraction of sp³-hybridized carbons (Fsp3) is 0.105. The third-order valence-electron chi connectivity index (χ3n) is 3.89. The molecule has 1 aliphatic rings. The molecule has 2 amide bonds. The number of imide groups is 1. The molecule has 0 atom stereocenters. The van der Waals surface area contributed by atoms with Crippen molar-refractivity contribution in [3.63, 3.8) is 0 Å². The van der Waals surface area contributed by atoms with Crippen LogP contribution in [0.4, 0.5) is 8.78 Å². The molecule has 3 rings (SSSR count). The fourth-order valence-corrected chi connectivity index (χ4v) is 2.77. The Hall–Kier alpha value is -3.55. The second kappa shape index (κ2) is 7.36. The van der Waals surface area contributed by atoms with Gasteiger partial charge in [0, 0.05) is 16.7 Å². The highest BCUT2D eigenvalue weighted by Crippen LogP contribution is 2.32. The van der Waals surface area contributed by atoms with Crippen LogP contribution in [0, 0.1) is 0 Å². The van der Waals surface area contributed by atoms with Crippen molar-refractivity contribution in [2.45, 2.75) is 6.61 Å². The largest absolute Gasteiger partial charge is 0.548 e. The number of nitrogens with zero attached hydrogens (tertiary/aromatic N) is 1. The average Bonchev–Trinajstić information content (AvgIpc) is 2.63. The van der Waals surface area contributed by atoms with Gasteiger partial charge in [-0.25, -0.2) is 0 Å². The minimum atomic E-state index is -3.06. The first-order valence-corrected chi connectivity index (χ1v) is 7.79. The van der Waals surface area contributed by atoms with Gasteiger partial charge < -0.3 is 14.6 Å². The molecule has 6 nitrogen and oxygen atoms in total. The lowest BCUT2D eigenvalue weighted by molar-refractivity contribution is -0.305. The zero-order chi connectivity index (χ0) is 19.6. The first kappa shape index (κ1) is 18.2. The van der Waals surface area contributed by atoms with Crippen molar-refractivity contribution >= 4 is 29.4 Å². The molecular weight excluding hydrogens is 360 g/mol. The predicted octanol–water partition coefficient (Wildman–Crippen LogP) is 1.56. The first-order valence-electron chi connectivity index (χ1n) is 7.79. The molecule has 8 heteroatoms. The molecule has 27 heavy (non-hydrogen) atoms. The molecule has 0 unspecified atom stereocenters. The molecule has 0 bridgehead atoms. The molecular formula is C19H12F2NO5-. The Bertz CT molecular complexity index is 955. The second-order valence-corrected chi connectivity index (χ2v) is 5.59. The summed E-state index contributed by atoms with van der Waals surface area (Å²) < 4.78 is 29.7. The number of carbonyl (C=O) groups excluding carboxylic acids is 3. The lowest BCUT2D eigenvalue weighted by atomic mass is 9.92. The molecule has 1 heterocycles. The number of halogens is 2. The van der Waals surface area contributed by atoms with Gasteiger partial charge in [0.25, 0.3) is 11.8 Å². The van der Waals surface area contributed by atoms with Crippen LogP contribution in [0.1, 0.15) is 21.5 Å². The van der Waals surface area contributed by atoms with Crippen LogP contribution in [-0.2, 0) is 9.59 Å². The molecule has 0 aliphatic carbocycles. The average molecular weight is 372 g/mol. The predicted molar refractivity (Wildman–Crippen MR) is 88.4 cm³/mol. The van der Waals surface area contributed by atoms with E-state index in [0.717, 1.165) is 0 Å². The summed E-state index contributed by atoms with van der Waals surface area (Å²) in [6.45, 7) is -3.98. The van der Waals surface area contributed by atoms with Gasteiger partial charge in [-0.3, -0.25) is 14.5 Å². The van der Waals surface area contributed by atoms with Crippen molar-refractivity contribution < 1.29 is 33.0 Å². The SMILES string of the molecule is O=C([O-])CN1C(=O)/C(=C\c2ccccc2OC(F)F)c2ccccc2C1=O. The lowest BCUT2D eigenvalue weighted by Crippen LogP contribution is -2.47. The number of carboxylic acid groups (broad SMARTS) is 1. The van der Waals surface area contributed by atoms with E-state index in [4.69, 9.17) is 0 Å². The number of benzene rings is 2. The van der Waals surface area contributed by atoms with Crippen LogP contribution in [0.5, 0.6) is 5.75 Å². The van der Waals surface area contributed by atoms with E-state index in [1.807, 2.05) is 0 Å². The Morgan fingerprint density at radius 3 is 2.33 bits per heavy atom. The Morgan fingerprint density at radius 2 is 1.67 bits per heavy atom. The number of fused-ring (bicyclic) bond motifs is 1. The van der Waals surface area contributed by atoms with E-state index in [2.05, 4.69) is 4.74 Å². The van der Waals surface area contributed by atoms with E-state index in [-0.39, 0.29) is 28.0 Å². The molecule has 138 valence electrons. The third-order valence-corrected chi connectivity index (χ3v) is 3.89.